The summed E-state index contributed by atoms with van der Waals surface area (Å²) in [6.07, 6.45) is -2.19. The van der Waals surface area contributed by atoms with Gasteiger partial charge in [0.2, 0.25) is 0 Å². The number of halogens is 6. The van der Waals surface area contributed by atoms with E-state index < -0.39 is 34.9 Å². The van der Waals surface area contributed by atoms with Crippen molar-refractivity contribution in [2.24, 2.45) is 0 Å². The molecule has 0 unspecified atom stereocenters. The van der Waals surface area contributed by atoms with E-state index in [-0.39, 0.29) is 51.7 Å². The topological polar surface area (TPSA) is 83.1 Å². The van der Waals surface area contributed by atoms with Crippen molar-refractivity contribution in [2.45, 2.75) is 57.0 Å². The number of ether oxygens (including phenoxy) is 2. The van der Waals surface area contributed by atoms with Crippen LogP contribution in [-0.4, -0.2) is 95.6 Å². The van der Waals surface area contributed by atoms with Crippen LogP contribution in [0, 0.1) is 17.7 Å². The number of benzene rings is 2. The normalized spacial score (nSPS) is 21.5. The Kier molecular flexibility index (Phi) is 11.3. The van der Waals surface area contributed by atoms with Gasteiger partial charge < -0.3 is 25.0 Å². The number of thiophene rings is 1. The van der Waals surface area contributed by atoms with Crippen LogP contribution in [-0.2, 0) is 21.0 Å². The molecular weight excluding hydrogens is 707 g/mol. The maximum Gasteiger partial charge on any atom is 0.393 e. The smallest absolute Gasteiger partial charge is 0.393 e. The fourth-order valence-corrected chi connectivity index (χ4v) is 9.24. The van der Waals surface area contributed by atoms with E-state index in [1.807, 2.05) is 6.07 Å². The average Bonchev–Trinajstić information content (AvgIpc) is 3.41. The number of morpholine rings is 1. The average molecular weight is 745 g/mol. The summed E-state index contributed by atoms with van der Waals surface area (Å²) in [7, 11) is -2.96. The van der Waals surface area contributed by atoms with Crippen molar-refractivity contribution in [3.05, 3.63) is 46.6 Å². The van der Waals surface area contributed by atoms with Crippen molar-refractivity contribution in [1.82, 2.24) is 4.90 Å². The maximum absolute atomic E-state index is 15.1. The van der Waals surface area contributed by atoms with Crippen LogP contribution < -0.4 is 20.3 Å². The van der Waals surface area contributed by atoms with E-state index in [1.165, 1.54) is 6.07 Å². The standard InChI is InChI=1S/C34H38F6N4O4S2/c35-26-19-28(30(48-33(36)37)20-29(26)44-11-15-47-16-12-44)41-10-2-5-31-25(21-34(38,39)40)24-3-1-4-27(32(24)49-31)42-22-6-8-23(9-7-22)43-13-17-50(45,46)18-14-43/h1,3-4,19-20,22-23,33,41-42H,6-18,21H2. The third-order valence-electron chi connectivity index (χ3n) is 9.33. The highest BCUT2D eigenvalue weighted by Crippen LogP contribution is 2.40. The Morgan fingerprint density at radius 3 is 2.42 bits per heavy atom. The van der Waals surface area contributed by atoms with Crippen molar-refractivity contribution in [2.75, 3.05) is 73.0 Å². The van der Waals surface area contributed by atoms with Gasteiger partial charge in [0.1, 0.15) is 5.82 Å². The van der Waals surface area contributed by atoms with Crippen LogP contribution in [0.5, 0.6) is 5.75 Å². The number of anilines is 3. The highest BCUT2D eigenvalue weighted by Gasteiger charge is 2.33. The Balaban J connectivity index is 1.17. The highest BCUT2D eigenvalue weighted by molar-refractivity contribution is 7.91. The molecule has 272 valence electrons. The molecule has 0 atom stereocenters. The quantitative estimate of drug-likeness (QED) is 0.190. The summed E-state index contributed by atoms with van der Waals surface area (Å²) in [5.41, 5.74) is 0.812. The second kappa shape index (κ2) is 15.5. The second-order valence-corrected chi connectivity index (χ2v) is 16.0. The van der Waals surface area contributed by atoms with Gasteiger partial charge in [-0.25, -0.2) is 12.8 Å². The van der Waals surface area contributed by atoms with Gasteiger partial charge in [-0.05, 0) is 42.7 Å². The van der Waals surface area contributed by atoms with E-state index in [9.17, 15) is 30.4 Å². The van der Waals surface area contributed by atoms with Gasteiger partial charge in [-0.1, -0.05) is 24.0 Å². The number of fused-ring (bicyclic) bond motifs is 1. The first-order chi connectivity index (χ1) is 23.8. The van der Waals surface area contributed by atoms with Crippen LogP contribution in [0.2, 0.25) is 0 Å². The molecule has 0 spiro atoms. The van der Waals surface area contributed by atoms with Crippen LogP contribution in [0.25, 0.3) is 10.1 Å². The van der Waals surface area contributed by atoms with Crippen LogP contribution in [0.4, 0.5) is 43.4 Å². The zero-order valence-corrected chi connectivity index (χ0v) is 28.8. The van der Waals surface area contributed by atoms with E-state index in [2.05, 4.69) is 32.1 Å². The van der Waals surface area contributed by atoms with Crippen molar-refractivity contribution in [1.29, 1.82) is 0 Å². The summed E-state index contributed by atoms with van der Waals surface area (Å²) in [5, 5.41) is 6.77. The summed E-state index contributed by atoms with van der Waals surface area (Å²) in [4.78, 5) is 4.16. The molecule has 2 N–H and O–H groups in total. The molecule has 3 aliphatic rings. The summed E-state index contributed by atoms with van der Waals surface area (Å²) in [6, 6.07) is 7.86. The van der Waals surface area contributed by atoms with Crippen LogP contribution in [0.15, 0.2) is 30.3 Å². The molecule has 0 amide bonds. The van der Waals surface area contributed by atoms with Gasteiger partial charge in [-0.2, -0.15) is 22.0 Å². The highest BCUT2D eigenvalue weighted by atomic mass is 32.2. The van der Waals surface area contributed by atoms with Gasteiger partial charge in [0.25, 0.3) is 0 Å². The number of alkyl halides is 5. The van der Waals surface area contributed by atoms with Gasteiger partial charge in [0.05, 0.1) is 64.3 Å². The third-order valence-corrected chi connectivity index (χ3v) is 12.1. The molecule has 2 aliphatic heterocycles. The first kappa shape index (κ1) is 36.4. The molecule has 0 radical (unpaired) electrons. The largest absolute Gasteiger partial charge is 0.433 e. The molecule has 1 aromatic heterocycles. The monoisotopic (exact) mass is 744 g/mol. The molecule has 3 aromatic rings. The van der Waals surface area contributed by atoms with Gasteiger partial charge in [-0.15, -0.1) is 11.3 Å². The van der Waals surface area contributed by atoms with E-state index in [4.69, 9.17) is 4.74 Å². The minimum atomic E-state index is -4.49. The fourth-order valence-electron chi connectivity index (χ4n) is 6.84. The van der Waals surface area contributed by atoms with Gasteiger partial charge >= 0.3 is 12.8 Å². The molecule has 50 heavy (non-hydrogen) atoms. The fraction of sp³-hybridized carbons (Fsp3) is 0.529. The van der Waals surface area contributed by atoms with E-state index in [0.717, 1.165) is 48.8 Å². The van der Waals surface area contributed by atoms with E-state index in [1.54, 1.807) is 17.0 Å². The van der Waals surface area contributed by atoms with Gasteiger partial charge in [-0.3, -0.25) is 4.90 Å². The van der Waals surface area contributed by atoms with Gasteiger partial charge in [0.15, 0.2) is 15.6 Å². The molecule has 0 bridgehead atoms. The molecule has 3 fully saturated rings. The predicted molar refractivity (Wildman–Crippen MR) is 183 cm³/mol. The lowest BCUT2D eigenvalue weighted by Gasteiger charge is -2.39. The number of hydrogen-bond acceptors (Lipinski definition) is 9. The Morgan fingerprint density at radius 2 is 1.74 bits per heavy atom. The lowest BCUT2D eigenvalue weighted by Crippen LogP contribution is -2.48. The number of rotatable bonds is 9. The van der Waals surface area contributed by atoms with Crippen LogP contribution in [0.3, 0.4) is 0 Å². The van der Waals surface area contributed by atoms with Gasteiger partial charge in [0, 0.05) is 50.4 Å². The van der Waals surface area contributed by atoms with Crippen LogP contribution >= 0.6 is 11.3 Å². The van der Waals surface area contributed by atoms with E-state index in [0.29, 0.717) is 55.5 Å². The molecule has 2 saturated heterocycles. The lowest BCUT2D eigenvalue weighted by atomic mass is 9.90. The Labute approximate surface area is 291 Å². The van der Waals surface area contributed by atoms with Crippen molar-refractivity contribution >= 4 is 48.3 Å². The molecule has 16 heteroatoms. The zero-order chi connectivity index (χ0) is 35.5. The number of nitrogens with one attached hydrogen (secondary N) is 2. The summed E-state index contributed by atoms with van der Waals surface area (Å²) < 4.78 is 117. The predicted octanol–water partition coefficient (Wildman–Crippen LogP) is 6.50. The van der Waals surface area contributed by atoms with Crippen molar-refractivity contribution in [3.63, 3.8) is 0 Å². The maximum atomic E-state index is 15.1. The minimum Gasteiger partial charge on any atom is -0.433 e. The summed E-state index contributed by atoms with van der Waals surface area (Å²) in [6.45, 7) is -0.759. The molecule has 1 aliphatic carbocycles. The van der Waals surface area contributed by atoms with Crippen LogP contribution in [0.1, 0.15) is 36.1 Å². The van der Waals surface area contributed by atoms with Crippen molar-refractivity contribution in [3.8, 4) is 17.6 Å². The molecular formula is C34H38F6N4O4S2. The zero-order valence-electron chi connectivity index (χ0n) is 27.1. The Bertz CT molecular complexity index is 1810. The molecule has 8 nitrogen and oxygen atoms in total. The van der Waals surface area contributed by atoms with E-state index >= 15 is 4.39 Å². The number of nitrogens with zero attached hydrogens (tertiary/aromatic N) is 2. The number of hydrogen-bond donors (Lipinski definition) is 2. The lowest BCUT2D eigenvalue weighted by molar-refractivity contribution is -0.127. The first-order valence-electron chi connectivity index (χ1n) is 16.5. The number of sulfone groups is 1. The second-order valence-electron chi connectivity index (χ2n) is 12.7. The summed E-state index contributed by atoms with van der Waals surface area (Å²) in [5.74, 6) is 5.05. The molecule has 3 heterocycles. The van der Waals surface area contributed by atoms with Crippen molar-refractivity contribution < 1.29 is 44.2 Å². The Morgan fingerprint density at radius 1 is 1.02 bits per heavy atom. The third kappa shape index (κ3) is 9.09. The molecule has 6 rings (SSSR count). The molecule has 1 saturated carbocycles. The summed E-state index contributed by atoms with van der Waals surface area (Å²) >= 11 is 1.15. The minimum absolute atomic E-state index is 0.0556. The SMILES string of the molecule is O=S1(=O)CCN(C2CCC(Nc3cccc4c(CC(F)(F)F)c(C#CCNc5cc(F)c(N6CCOCC6)cc5OC(F)F)sc34)CC2)CC1. The Hall–Kier alpha value is -3.39. The molecule has 2 aromatic carbocycles. The first-order valence-corrected chi connectivity index (χ1v) is 19.1.